The lowest BCUT2D eigenvalue weighted by molar-refractivity contribution is 0.0286. The van der Waals surface area contributed by atoms with Gasteiger partial charge in [0.1, 0.15) is 5.60 Å². The van der Waals surface area contributed by atoms with Gasteiger partial charge in [0, 0.05) is 18.4 Å². The second kappa shape index (κ2) is 12.4. The fraction of sp³-hybridized carbons (Fsp3) is 0.516. The molecule has 1 aliphatic carbocycles. The summed E-state index contributed by atoms with van der Waals surface area (Å²) < 4.78 is 16.9. The molecule has 1 N–H and O–H groups in total. The number of hydrogen-bond donors (Lipinski definition) is 1. The van der Waals surface area contributed by atoms with E-state index in [1.165, 1.54) is 0 Å². The Hall–Kier alpha value is -3.37. The van der Waals surface area contributed by atoms with Gasteiger partial charge >= 0.3 is 12.1 Å². The van der Waals surface area contributed by atoms with Crippen LogP contribution in [0.5, 0.6) is 0 Å². The minimum absolute atomic E-state index is 0.216. The van der Waals surface area contributed by atoms with Crippen molar-refractivity contribution in [1.29, 1.82) is 0 Å². The Labute approximate surface area is 226 Å². The van der Waals surface area contributed by atoms with Crippen molar-refractivity contribution < 1.29 is 23.8 Å². The maximum atomic E-state index is 12.7. The summed E-state index contributed by atoms with van der Waals surface area (Å²) in [6, 6.07) is 15.4. The number of nitrogens with one attached hydrogen (secondary N) is 1. The Morgan fingerprint density at radius 2 is 1.71 bits per heavy atom. The number of ether oxygens (including phenoxy) is 3. The summed E-state index contributed by atoms with van der Waals surface area (Å²) in [7, 11) is 0. The average molecular weight is 521 g/mol. The van der Waals surface area contributed by atoms with E-state index in [1.54, 1.807) is 19.1 Å². The van der Waals surface area contributed by atoms with Crippen molar-refractivity contribution in [2.24, 2.45) is 0 Å². The number of amides is 1. The second-order valence-corrected chi connectivity index (χ2v) is 11.3. The van der Waals surface area contributed by atoms with Crippen LogP contribution >= 0.6 is 0 Å². The van der Waals surface area contributed by atoms with Crippen LogP contribution in [0, 0.1) is 6.57 Å². The minimum Gasteiger partial charge on any atom is -0.462 e. The molecule has 1 saturated carbocycles. The maximum absolute atomic E-state index is 12.7. The molecule has 1 aliphatic rings. The summed E-state index contributed by atoms with van der Waals surface area (Å²) in [5.74, 6) is -0.408. The van der Waals surface area contributed by atoms with Crippen LogP contribution in [-0.2, 0) is 32.8 Å². The number of carbonyl (C=O) groups is 2. The monoisotopic (exact) mass is 520 g/mol. The third kappa shape index (κ3) is 8.06. The number of carbonyl (C=O) groups excluding carboxylic acids is 2. The molecule has 1 amide bonds. The Kier molecular flexibility index (Phi) is 9.56. The lowest BCUT2D eigenvalue weighted by Crippen LogP contribution is -2.52. The van der Waals surface area contributed by atoms with Gasteiger partial charge < -0.3 is 24.4 Å². The highest BCUT2D eigenvalue weighted by Crippen LogP contribution is 2.43. The van der Waals surface area contributed by atoms with E-state index >= 15 is 0 Å². The molecule has 1 atom stereocenters. The second-order valence-electron chi connectivity index (χ2n) is 11.3. The predicted octanol–water partition coefficient (Wildman–Crippen LogP) is 6.59. The van der Waals surface area contributed by atoms with Crippen LogP contribution in [0.25, 0.3) is 4.85 Å². The summed E-state index contributed by atoms with van der Waals surface area (Å²) in [6.45, 7) is 17.8. The molecular weight excluding hydrogens is 480 g/mol. The summed E-state index contributed by atoms with van der Waals surface area (Å²) in [6.07, 6.45) is 3.57. The molecule has 0 radical (unpaired) electrons. The largest absolute Gasteiger partial charge is 0.462 e. The quantitative estimate of drug-likeness (QED) is 0.282. The van der Waals surface area contributed by atoms with Crippen LogP contribution < -0.4 is 5.32 Å². The van der Waals surface area contributed by atoms with Gasteiger partial charge in [0.05, 0.1) is 30.9 Å². The van der Waals surface area contributed by atoms with E-state index in [-0.39, 0.29) is 19.8 Å². The van der Waals surface area contributed by atoms with Crippen LogP contribution in [0.4, 0.5) is 4.79 Å². The molecule has 38 heavy (non-hydrogen) atoms. The van der Waals surface area contributed by atoms with Crippen molar-refractivity contribution in [3.05, 3.63) is 82.2 Å². The molecule has 0 saturated heterocycles. The first kappa shape index (κ1) is 29.2. The van der Waals surface area contributed by atoms with E-state index in [4.69, 9.17) is 20.8 Å². The fourth-order valence-electron chi connectivity index (χ4n) is 4.92. The van der Waals surface area contributed by atoms with Crippen LogP contribution in [0.15, 0.2) is 48.5 Å². The Morgan fingerprint density at radius 1 is 1.03 bits per heavy atom. The number of benzene rings is 2. The predicted molar refractivity (Wildman–Crippen MR) is 147 cm³/mol. The van der Waals surface area contributed by atoms with Crippen LogP contribution in [0.3, 0.4) is 0 Å². The first-order chi connectivity index (χ1) is 18.0. The molecule has 7 heteroatoms. The molecule has 1 unspecified atom stereocenters. The Balaban J connectivity index is 1.82. The standard InChI is InChI=1S/C31H40N2O5/c1-7-37-27(34)25-17-24(18-26(19-25)31(32-6)15-11-12-16-31)21-36-22-30(5,20-23-13-9-8-10-14-23)33-28(35)38-29(2,3)4/h8-10,13-14,17-19H,7,11-12,15-16,20-22H2,1-5H3,(H,33,35). The SMILES string of the molecule is [C-]#[N+]C1(c2cc(COCC(C)(Cc3ccccc3)NC(=O)OC(C)(C)C)cc(C(=O)OCC)c2)CCCC1. The summed E-state index contributed by atoms with van der Waals surface area (Å²) in [5, 5.41) is 3.00. The van der Waals surface area contributed by atoms with Gasteiger partial charge in [-0.2, -0.15) is 0 Å². The lowest BCUT2D eigenvalue weighted by Gasteiger charge is -2.32. The molecule has 2 aromatic rings. The first-order valence-corrected chi connectivity index (χ1v) is 13.3. The van der Waals surface area contributed by atoms with E-state index in [1.807, 2.05) is 64.1 Å². The molecule has 1 fully saturated rings. The molecule has 0 aliphatic heterocycles. The third-order valence-electron chi connectivity index (χ3n) is 6.62. The van der Waals surface area contributed by atoms with Gasteiger partial charge in [0.2, 0.25) is 0 Å². The Morgan fingerprint density at radius 3 is 2.32 bits per heavy atom. The zero-order valence-electron chi connectivity index (χ0n) is 23.3. The van der Waals surface area contributed by atoms with Crippen molar-refractivity contribution in [3.8, 4) is 0 Å². The van der Waals surface area contributed by atoms with E-state index < -0.39 is 28.7 Å². The summed E-state index contributed by atoms with van der Waals surface area (Å²) in [5.41, 5.74) is 1.14. The molecule has 7 nitrogen and oxygen atoms in total. The molecule has 2 aromatic carbocycles. The van der Waals surface area contributed by atoms with Gasteiger partial charge in [0.25, 0.3) is 5.54 Å². The maximum Gasteiger partial charge on any atom is 0.408 e. The van der Waals surface area contributed by atoms with Gasteiger partial charge in [0.15, 0.2) is 0 Å². The van der Waals surface area contributed by atoms with Gasteiger partial charge in [-0.3, -0.25) is 0 Å². The molecule has 0 bridgehead atoms. The van der Waals surface area contributed by atoms with Crippen molar-refractivity contribution in [2.45, 2.75) is 90.0 Å². The van der Waals surface area contributed by atoms with Crippen molar-refractivity contribution in [1.82, 2.24) is 5.32 Å². The van der Waals surface area contributed by atoms with Crippen LogP contribution in [0.2, 0.25) is 0 Å². The van der Waals surface area contributed by atoms with Crippen molar-refractivity contribution in [2.75, 3.05) is 13.2 Å². The molecule has 3 rings (SSSR count). The van der Waals surface area contributed by atoms with Crippen molar-refractivity contribution in [3.63, 3.8) is 0 Å². The zero-order chi connectivity index (χ0) is 27.8. The number of alkyl carbamates (subject to hydrolysis) is 1. The Bertz CT molecular complexity index is 1140. The summed E-state index contributed by atoms with van der Waals surface area (Å²) in [4.78, 5) is 29.3. The van der Waals surface area contributed by atoms with E-state index in [0.717, 1.165) is 42.4 Å². The van der Waals surface area contributed by atoms with Crippen LogP contribution in [-0.4, -0.2) is 36.4 Å². The smallest absolute Gasteiger partial charge is 0.408 e. The van der Waals surface area contributed by atoms with Gasteiger partial charge in [-0.15, -0.1) is 0 Å². The number of nitrogens with zero attached hydrogens (tertiary/aromatic N) is 1. The van der Waals surface area contributed by atoms with Gasteiger partial charge in [-0.05, 0) is 83.2 Å². The topological polar surface area (TPSA) is 78.2 Å². The lowest BCUT2D eigenvalue weighted by atomic mass is 9.87. The van der Waals surface area contributed by atoms with E-state index in [2.05, 4.69) is 10.2 Å². The molecule has 0 heterocycles. The van der Waals surface area contributed by atoms with E-state index in [0.29, 0.717) is 12.0 Å². The third-order valence-corrected chi connectivity index (χ3v) is 6.62. The minimum atomic E-state index is -0.742. The van der Waals surface area contributed by atoms with Crippen molar-refractivity contribution >= 4 is 12.1 Å². The number of hydrogen-bond acceptors (Lipinski definition) is 5. The first-order valence-electron chi connectivity index (χ1n) is 13.3. The fourth-order valence-corrected chi connectivity index (χ4v) is 4.92. The highest BCUT2D eigenvalue weighted by molar-refractivity contribution is 5.90. The molecule has 0 spiro atoms. The summed E-state index contributed by atoms with van der Waals surface area (Å²) >= 11 is 0. The highest BCUT2D eigenvalue weighted by atomic mass is 16.6. The highest BCUT2D eigenvalue weighted by Gasteiger charge is 2.42. The number of esters is 1. The van der Waals surface area contributed by atoms with E-state index in [9.17, 15) is 9.59 Å². The van der Waals surface area contributed by atoms with Crippen LogP contribution in [0.1, 0.15) is 87.4 Å². The van der Waals surface area contributed by atoms with Gasteiger partial charge in [-0.1, -0.05) is 30.3 Å². The zero-order valence-corrected chi connectivity index (χ0v) is 23.3. The number of rotatable bonds is 10. The normalized spacial score (nSPS) is 16.2. The van der Waals surface area contributed by atoms with Gasteiger partial charge in [-0.25, -0.2) is 16.2 Å². The molecule has 0 aromatic heterocycles. The molecular formula is C31H40N2O5. The molecule has 204 valence electrons. The average Bonchev–Trinajstić information content (AvgIpc) is 3.34.